The Kier molecular flexibility index (Phi) is 8.61. The maximum absolute atomic E-state index is 5.45. The number of nitrogens with zero attached hydrogens (tertiary/aromatic N) is 1. The van der Waals surface area contributed by atoms with Gasteiger partial charge in [0.1, 0.15) is 0 Å². The summed E-state index contributed by atoms with van der Waals surface area (Å²) in [4.78, 5) is 2.35. The van der Waals surface area contributed by atoms with Crippen molar-refractivity contribution in [1.82, 2.24) is 10.2 Å². The zero-order chi connectivity index (χ0) is 12.3. The minimum absolute atomic E-state index is 0.690. The Balaban J connectivity index is 1.91. The number of nitrogens with one attached hydrogen (secondary N) is 1. The Morgan fingerprint density at radius 3 is 2.76 bits per heavy atom. The van der Waals surface area contributed by atoms with Crippen molar-refractivity contribution >= 4 is 0 Å². The fourth-order valence-corrected chi connectivity index (χ4v) is 2.12. The zero-order valence-electron chi connectivity index (χ0n) is 11.4. The topological polar surface area (TPSA) is 33.7 Å². The van der Waals surface area contributed by atoms with Gasteiger partial charge >= 0.3 is 0 Å². The molecule has 0 radical (unpaired) electrons. The van der Waals surface area contributed by atoms with E-state index >= 15 is 0 Å². The van der Waals surface area contributed by atoms with Crippen LogP contribution in [0.3, 0.4) is 0 Å². The first-order valence-electron chi connectivity index (χ1n) is 6.81. The Labute approximate surface area is 106 Å². The minimum atomic E-state index is 0.690. The Bertz CT molecular complexity index is 173. The van der Waals surface area contributed by atoms with Crippen molar-refractivity contribution in [2.45, 2.75) is 31.7 Å². The molecular formula is C13H28N2O2. The van der Waals surface area contributed by atoms with Crippen molar-refractivity contribution in [2.24, 2.45) is 0 Å². The van der Waals surface area contributed by atoms with Crippen molar-refractivity contribution in [3.63, 3.8) is 0 Å². The van der Waals surface area contributed by atoms with Gasteiger partial charge in [-0.05, 0) is 39.4 Å². The Hall–Kier alpha value is -0.160. The van der Waals surface area contributed by atoms with E-state index in [4.69, 9.17) is 9.47 Å². The molecule has 1 atom stereocenters. The number of hydrogen-bond acceptors (Lipinski definition) is 4. The van der Waals surface area contributed by atoms with E-state index in [-0.39, 0.29) is 0 Å². The molecular weight excluding hydrogens is 216 g/mol. The first-order valence-corrected chi connectivity index (χ1v) is 6.81. The highest BCUT2D eigenvalue weighted by Gasteiger charge is 2.12. The molecule has 0 bridgehead atoms. The molecule has 0 aliphatic carbocycles. The van der Waals surface area contributed by atoms with Crippen molar-refractivity contribution in [3.05, 3.63) is 0 Å². The summed E-state index contributed by atoms with van der Waals surface area (Å²) in [6, 6.07) is 0.737. The number of likely N-dealkylation sites (N-methyl/N-ethyl adjacent to an activating group) is 1. The van der Waals surface area contributed by atoms with Crippen LogP contribution in [0, 0.1) is 0 Å². The molecule has 1 fully saturated rings. The van der Waals surface area contributed by atoms with Gasteiger partial charge in [0.15, 0.2) is 0 Å². The van der Waals surface area contributed by atoms with Gasteiger partial charge in [0.05, 0.1) is 19.8 Å². The van der Waals surface area contributed by atoms with Crippen LogP contribution in [-0.4, -0.2) is 64.6 Å². The molecule has 4 heteroatoms. The van der Waals surface area contributed by atoms with Crippen LogP contribution in [0.1, 0.15) is 25.7 Å². The molecule has 0 aromatic carbocycles. The highest BCUT2D eigenvalue weighted by Crippen LogP contribution is 2.10. The van der Waals surface area contributed by atoms with Gasteiger partial charge in [-0.15, -0.1) is 0 Å². The van der Waals surface area contributed by atoms with Crippen LogP contribution >= 0.6 is 0 Å². The third kappa shape index (κ3) is 7.71. The number of methoxy groups -OCH3 is 1. The molecule has 17 heavy (non-hydrogen) atoms. The predicted octanol–water partition coefficient (Wildman–Crippen LogP) is 1.11. The molecule has 0 aromatic rings. The monoisotopic (exact) mass is 244 g/mol. The Morgan fingerprint density at radius 1 is 1.18 bits per heavy atom. The van der Waals surface area contributed by atoms with E-state index in [9.17, 15) is 0 Å². The lowest BCUT2D eigenvalue weighted by Gasteiger charge is -2.25. The van der Waals surface area contributed by atoms with E-state index in [2.05, 4.69) is 17.3 Å². The minimum Gasteiger partial charge on any atom is -0.382 e. The van der Waals surface area contributed by atoms with Gasteiger partial charge in [0, 0.05) is 19.7 Å². The molecule has 1 saturated heterocycles. The summed E-state index contributed by atoms with van der Waals surface area (Å²) in [6.45, 7) is 5.57. The lowest BCUT2D eigenvalue weighted by Crippen LogP contribution is -2.37. The van der Waals surface area contributed by atoms with Gasteiger partial charge in [0.25, 0.3) is 0 Å². The molecule has 1 aliphatic heterocycles. The quantitative estimate of drug-likeness (QED) is 0.616. The maximum atomic E-state index is 5.45. The average molecular weight is 244 g/mol. The third-order valence-electron chi connectivity index (χ3n) is 3.32. The summed E-state index contributed by atoms with van der Waals surface area (Å²) in [7, 11) is 3.87. The van der Waals surface area contributed by atoms with Gasteiger partial charge in [0.2, 0.25) is 0 Å². The predicted molar refractivity (Wildman–Crippen MR) is 70.5 cm³/mol. The van der Waals surface area contributed by atoms with E-state index < -0.39 is 0 Å². The second-order valence-corrected chi connectivity index (χ2v) is 4.84. The summed E-state index contributed by atoms with van der Waals surface area (Å²) >= 11 is 0. The van der Waals surface area contributed by atoms with E-state index in [0.717, 1.165) is 25.7 Å². The van der Waals surface area contributed by atoms with Crippen LogP contribution in [0.15, 0.2) is 0 Å². The maximum Gasteiger partial charge on any atom is 0.0700 e. The van der Waals surface area contributed by atoms with Gasteiger partial charge in [-0.2, -0.15) is 0 Å². The second-order valence-electron chi connectivity index (χ2n) is 4.84. The average Bonchev–Trinajstić information content (AvgIpc) is 2.37. The molecule has 0 aromatic heterocycles. The molecule has 1 rings (SSSR count). The van der Waals surface area contributed by atoms with Crippen LogP contribution in [0.25, 0.3) is 0 Å². The van der Waals surface area contributed by atoms with Crippen LogP contribution in [0.2, 0.25) is 0 Å². The number of ether oxygens (including phenoxy) is 2. The largest absolute Gasteiger partial charge is 0.382 e. The van der Waals surface area contributed by atoms with Gasteiger partial charge in [-0.3, -0.25) is 0 Å². The second kappa shape index (κ2) is 9.83. The molecule has 1 N–H and O–H groups in total. The molecule has 0 amide bonds. The molecule has 1 unspecified atom stereocenters. The normalized spacial score (nSPS) is 21.0. The van der Waals surface area contributed by atoms with Crippen molar-refractivity contribution in [1.29, 1.82) is 0 Å². The van der Waals surface area contributed by atoms with E-state index in [1.807, 2.05) is 0 Å². The van der Waals surface area contributed by atoms with Crippen molar-refractivity contribution in [2.75, 3.05) is 53.6 Å². The summed E-state index contributed by atoms with van der Waals surface area (Å²) in [5.74, 6) is 0. The van der Waals surface area contributed by atoms with Crippen molar-refractivity contribution in [3.8, 4) is 0 Å². The first kappa shape index (κ1) is 14.9. The van der Waals surface area contributed by atoms with Crippen molar-refractivity contribution < 1.29 is 9.47 Å². The third-order valence-corrected chi connectivity index (χ3v) is 3.32. The lowest BCUT2D eigenvalue weighted by atomic mass is 10.0. The number of hydrogen-bond donors (Lipinski definition) is 1. The molecule has 1 heterocycles. The molecule has 1 aliphatic rings. The zero-order valence-corrected chi connectivity index (χ0v) is 11.4. The summed E-state index contributed by atoms with van der Waals surface area (Å²) in [5, 5.41) is 3.58. The molecule has 102 valence electrons. The van der Waals surface area contributed by atoms with Crippen LogP contribution < -0.4 is 5.32 Å². The van der Waals surface area contributed by atoms with Gasteiger partial charge < -0.3 is 19.7 Å². The van der Waals surface area contributed by atoms with Gasteiger partial charge in [-0.1, -0.05) is 6.42 Å². The lowest BCUT2D eigenvalue weighted by molar-refractivity contribution is 0.0600. The SMILES string of the molecule is COCCOCCN(C)CCC1CCCCN1. The first-order chi connectivity index (χ1) is 8.33. The van der Waals surface area contributed by atoms with Crippen LogP contribution in [-0.2, 0) is 9.47 Å². The number of piperidine rings is 1. The number of rotatable bonds is 9. The molecule has 0 spiro atoms. The summed E-state index contributed by atoms with van der Waals surface area (Å²) in [6.07, 6.45) is 5.34. The standard InChI is InChI=1S/C13H28N2O2/c1-15(9-10-17-12-11-16-2)8-6-13-5-3-4-7-14-13/h13-14H,3-12H2,1-2H3. The van der Waals surface area contributed by atoms with E-state index in [1.165, 1.54) is 32.2 Å². The van der Waals surface area contributed by atoms with Crippen LogP contribution in [0.4, 0.5) is 0 Å². The fraction of sp³-hybridized carbons (Fsp3) is 1.00. The highest BCUT2D eigenvalue weighted by molar-refractivity contribution is 4.73. The van der Waals surface area contributed by atoms with E-state index in [0.29, 0.717) is 13.2 Å². The smallest absolute Gasteiger partial charge is 0.0700 e. The fourth-order valence-electron chi connectivity index (χ4n) is 2.12. The Morgan fingerprint density at radius 2 is 2.06 bits per heavy atom. The molecule has 0 saturated carbocycles. The molecule has 4 nitrogen and oxygen atoms in total. The van der Waals surface area contributed by atoms with Gasteiger partial charge in [-0.25, -0.2) is 0 Å². The highest BCUT2D eigenvalue weighted by atomic mass is 16.5. The van der Waals surface area contributed by atoms with Crippen LogP contribution in [0.5, 0.6) is 0 Å². The van der Waals surface area contributed by atoms with E-state index in [1.54, 1.807) is 7.11 Å². The summed E-state index contributed by atoms with van der Waals surface area (Å²) < 4.78 is 10.4. The summed E-state index contributed by atoms with van der Waals surface area (Å²) in [5.41, 5.74) is 0.